The summed E-state index contributed by atoms with van der Waals surface area (Å²) in [7, 11) is 1.77. The van der Waals surface area contributed by atoms with Crippen LogP contribution in [0.5, 0.6) is 0 Å². The van der Waals surface area contributed by atoms with E-state index in [2.05, 4.69) is 38.1 Å². The molecular weight excluding hydrogens is 306 g/mol. The molecule has 0 unspecified atom stereocenters. The Bertz CT molecular complexity index is 421. The number of nitrogens with zero attached hydrogens (tertiary/aromatic N) is 2. The van der Waals surface area contributed by atoms with Gasteiger partial charge in [0.25, 0.3) is 0 Å². The molecular formula is C14H22BrN3O. The summed E-state index contributed by atoms with van der Waals surface area (Å²) in [5, 5.41) is 3.46. The fraction of sp³-hybridized carbons (Fsp3) is 0.714. The van der Waals surface area contributed by atoms with Crippen molar-refractivity contribution in [2.24, 2.45) is 5.41 Å². The molecule has 0 aliphatic heterocycles. The zero-order valence-corrected chi connectivity index (χ0v) is 13.3. The van der Waals surface area contributed by atoms with E-state index in [1.165, 1.54) is 12.8 Å². The second kappa shape index (κ2) is 6.66. The number of halogens is 1. The molecule has 1 aliphatic carbocycles. The summed E-state index contributed by atoms with van der Waals surface area (Å²) in [5.41, 5.74) is 0.429. The fourth-order valence-corrected chi connectivity index (χ4v) is 2.60. The van der Waals surface area contributed by atoms with Crippen LogP contribution in [0.2, 0.25) is 0 Å². The molecule has 106 valence electrons. The highest BCUT2D eigenvalue weighted by atomic mass is 79.9. The third kappa shape index (κ3) is 4.42. The molecule has 4 nitrogen and oxygen atoms in total. The second-order valence-corrected chi connectivity index (χ2v) is 6.15. The second-order valence-electron chi connectivity index (χ2n) is 5.34. The predicted octanol–water partition coefficient (Wildman–Crippen LogP) is 3.42. The van der Waals surface area contributed by atoms with Crippen molar-refractivity contribution in [2.75, 3.05) is 25.6 Å². The largest absolute Gasteiger partial charge is 0.385 e. The summed E-state index contributed by atoms with van der Waals surface area (Å²) in [4.78, 5) is 8.93. The average molecular weight is 328 g/mol. The van der Waals surface area contributed by atoms with Crippen molar-refractivity contribution in [1.82, 2.24) is 9.97 Å². The topological polar surface area (TPSA) is 47.0 Å². The molecule has 0 radical (unpaired) electrons. The minimum absolute atomic E-state index is 0.429. The predicted molar refractivity (Wildman–Crippen MR) is 80.4 cm³/mol. The van der Waals surface area contributed by atoms with Crippen LogP contribution >= 0.6 is 15.9 Å². The van der Waals surface area contributed by atoms with Crippen LogP contribution in [0.4, 0.5) is 5.82 Å². The summed E-state index contributed by atoms with van der Waals surface area (Å²) >= 11 is 3.45. The van der Waals surface area contributed by atoms with Crippen LogP contribution in [0.3, 0.4) is 0 Å². The lowest BCUT2D eigenvalue weighted by Crippen LogP contribution is -2.18. The third-order valence-corrected chi connectivity index (χ3v) is 4.06. The van der Waals surface area contributed by atoms with Crippen molar-refractivity contribution >= 4 is 21.7 Å². The first-order valence-corrected chi connectivity index (χ1v) is 7.73. The van der Waals surface area contributed by atoms with Crippen LogP contribution in [-0.4, -0.2) is 30.2 Å². The van der Waals surface area contributed by atoms with E-state index in [1.54, 1.807) is 7.11 Å². The van der Waals surface area contributed by atoms with Crippen LogP contribution in [0.1, 0.15) is 38.4 Å². The summed E-state index contributed by atoms with van der Waals surface area (Å²) in [6.45, 7) is 3.96. The maximum Gasteiger partial charge on any atom is 0.132 e. The average Bonchev–Trinajstić information content (AvgIpc) is 3.15. The highest BCUT2D eigenvalue weighted by molar-refractivity contribution is 9.10. The van der Waals surface area contributed by atoms with Crippen LogP contribution < -0.4 is 5.32 Å². The minimum Gasteiger partial charge on any atom is -0.385 e. The summed E-state index contributed by atoms with van der Waals surface area (Å²) in [6.07, 6.45) is 5.69. The van der Waals surface area contributed by atoms with Gasteiger partial charge >= 0.3 is 0 Å². The van der Waals surface area contributed by atoms with E-state index in [0.29, 0.717) is 5.41 Å². The van der Waals surface area contributed by atoms with Gasteiger partial charge in [0, 0.05) is 32.7 Å². The van der Waals surface area contributed by atoms with Crippen LogP contribution in [0.25, 0.3) is 0 Å². The zero-order chi connectivity index (χ0) is 13.7. The van der Waals surface area contributed by atoms with Gasteiger partial charge in [-0.05, 0) is 47.0 Å². The SMILES string of the molecule is CCCc1nc(Br)cc(NCC2(CCOC)CC2)n1. The third-order valence-electron chi connectivity index (χ3n) is 3.65. The Morgan fingerprint density at radius 2 is 2.21 bits per heavy atom. The number of anilines is 1. The van der Waals surface area contributed by atoms with Gasteiger partial charge in [-0.2, -0.15) is 0 Å². The van der Waals surface area contributed by atoms with Gasteiger partial charge in [-0.25, -0.2) is 9.97 Å². The van der Waals surface area contributed by atoms with Crippen molar-refractivity contribution in [3.05, 3.63) is 16.5 Å². The lowest BCUT2D eigenvalue weighted by Gasteiger charge is -2.16. The van der Waals surface area contributed by atoms with E-state index in [4.69, 9.17) is 4.74 Å². The molecule has 1 heterocycles. The maximum atomic E-state index is 5.18. The maximum absolute atomic E-state index is 5.18. The summed E-state index contributed by atoms with van der Waals surface area (Å²) in [5.74, 6) is 1.83. The van der Waals surface area contributed by atoms with Gasteiger partial charge in [0.15, 0.2) is 0 Å². The fourth-order valence-electron chi connectivity index (χ4n) is 2.18. The Labute approximate surface area is 123 Å². The van der Waals surface area contributed by atoms with E-state index in [0.717, 1.165) is 48.7 Å². The Hall–Kier alpha value is -0.680. The Kier molecular flexibility index (Phi) is 5.16. The highest BCUT2D eigenvalue weighted by Gasteiger charge is 2.41. The molecule has 1 aliphatic rings. The number of aryl methyl sites for hydroxylation is 1. The first-order valence-electron chi connectivity index (χ1n) is 6.94. The molecule has 0 atom stereocenters. The molecule has 2 rings (SSSR count). The van der Waals surface area contributed by atoms with Gasteiger partial charge in [-0.15, -0.1) is 0 Å². The van der Waals surface area contributed by atoms with E-state index < -0.39 is 0 Å². The standard InChI is InChI=1S/C14H22BrN3O/c1-3-4-12-17-11(15)9-13(18-12)16-10-14(5-6-14)7-8-19-2/h9H,3-8,10H2,1-2H3,(H,16,17,18). The van der Waals surface area contributed by atoms with Crippen molar-refractivity contribution < 1.29 is 4.74 Å². The number of hydrogen-bond acceptors (Lipinski definition) is 4. The van der Waals surface area contributed by atoms with Gasteiger partial charge in [0.05, 0.1) is 0 Å². The molecule has 5 heteroatoms. The quantitative estimate of drug-likeness (QED) is 0.743. The molecule has 0 spiro atoms. The molecule has 0 amide bonds. The Morgan fingerprint density at radius 3 is 2.84 bits per heavy atom. The molecule has 0 saturated heterocycles. The number of methoxy groups -OCH3 is 1. The molecule has 0 bridgehead atoms. The van der Waals surface area contributed by atoms with Crippen molar-refractivity contribution in [3.63, 3.8) is 0 Å². The Morgan fingerprint density at radius 1 is 1.42 bits per heavy atom. The van der Waals surface area contributed by atoms with Crippen molar-refractivity contribution in [3.8, 4) is 0 Å². The van der Waals surface area contributed by atoms with Gasteiger partial charge in [0.2, 0.25) is 0 Å². The molecule has 0 aromatic carbocycles. The van der Waals surface area contributed by atoms with E-state index in [9.17, 15) is 0 Å². The molecule has 1 aromatic rings. The lowest BCUT2D eigenvalue weighted by atomic mass is 10.0. The number of aromatic nitrogens is 2. The summed E-state index contributed by atoms with van der Waals surface area (Å²) < 4.78 is 6.04. The molecule has 1 fully saturated rings. The Balaban J connectivity index is 1.92. The van der Waals surface area contributed by atoms with E-state index in [-0.39, 0.29) is 0 Å². The number of rotatable bonds is 8. The molecule has 1 saturated carbocycles. The van der Waals surface area contributed by atoms with Crippen LogP contribution in [0, 0.1) is 5.41 Å². The minimum atomic E-state index is 0.429. The van der Waals surface area contributed by atoms with Gasteiger partial charge in [-0.3, -0.25) is 0 Å². The smallest absolute Gasteiger partial charge is 0.132 e. The highest BCUT2D eigenvalue weighted by Crippen LogP contribution is 2.48. The van der Waals surface area contributed by atoms with E-state index >= 15 is 0 Å². The number of hydrogen-bond donors (Lipinski definition) is 1. The summed E-state index contributed by atoms with van der Waals surface area (Å²) in [6, 6.07) is 1.95. The van der Waals surface area contributed by atoms with Gasteiger partial charge in [0.1, 0.15) is 16.2 Å². The van der Waals surface area contributed by atoms with Gasteiger partial charge in [-0.1, -0.05) is 6.92 Å². The van der Waals surface area contributed by atoms with Crippen molar-refractivity contribution in [2.45, 2.75) is 39.0 Å². The van der Waals surface area contributed by atoms with Crippen LogP contribution in [0.15, 0.2) is 10.7 Å². The number of nitrogens with one attached hydrogen (secondary N) is 1. The lowest BCUT2D eigenvalue weighted by molar-refractivity contribution is 0.175. The normalized spacial score (nSPS) is 16.4. The monoisotopic (exact) mass is 327 g/mol. The van der Waals surface area contributed by atoms with Gasteiger partial charge < -0.3 is 10.1 Å². The van der Waals surface area contributed by atoms with E-state index in [1.807, 2.05) is 6.07 Å². The van der Waals surface area contributed by atoms with Crippen molar-refractivity contribution in [1.29, 1.82) is 0 Å². The molecule has 1 aromatic heterocycles. The zero-order valence-electron chi connectivity index (χ0n) is 11.7. The molecule has 1 N–H and O–H groups in total. The van der Waals surface area contributed by atoms with Crippen LogP contribution in [-0.2, 0) is 11.2 Å². The molecule has 19 heavy (non-hydrogen) atoms. The first-order chi connectivity index (χ1) is 9.17. The number of ether oxygens (including phenoxy) is 1. The first kappa shape index (κ1) is 14.7.